The smallest absolute Gasteiger partial charge is 0.322 e. The number of ether oxygens (including phenoxy) is 1. The monoisotopic (exact) mass is 279 g/mol. The normalized spacial score (nSPS) is 18.4. The molecule has 3 atom stereocenters. The lowest BCUT2D eigenvalue weighted by Crippen LogP contribution is -2.27. The third kappa shape index (κ3) is 22.4. The molecule has 7 nitrogen and oxygen atoms in total. The van der Waals surface area contributed by atoms with Crippen molar-refractivity contribution in [2.24, 2.45) is 17.2 Å². The predicted molar refractivity (Wildman–Crippen MR) is 74.3 cm³/mol. The van der Waals surface area contributed by atoms with Gasteiger partial charge < -0.3 is 21.9 Å². The van der Waals surface area contributed by atoms with Crippen LogP contribution >= 0.6 is 0 Å². The van der Waals surface area contributed by atoms with E-state index in [-0.39, 0.29) is 17.6 Å². The number of hydrogen-bond donors (Lipinski definition) is 3. The SMILES string of the molecule is CC(=O)[C@H](C)N.[2H][C@@](C)(N)C(=O)OC.[2H][C@@](C)(N)C(C)=O. The number of rotatable bonds is 3. The fourth-order valence-electron chi connectivity index (χ4n) is 0.161. The molecule has 114 valence electrons. The Morgan fingerprint density at radius 1 is 0.947 bits per heavy atom. The van der Waals surface area contributed by atoms with Crippen molar-refractivity contribution in [3.63, 3.8) is 0 Å². The van der Waals surface area contributed by atoms with Crippen LogP contribution in [0.5, 0.6) is 0 Å². The average molecular weight is 279 g/mol. The summed E-state index contributed by atoms with van der Waals surface area (Å²) in [4.78, 5) is 30.5. The van der Waals surface area contributed by atoms with Gasteiger partial charge in [0.2, 0.25) is 0 Å². The zero-order chi connectivity index (χ0) is 18.0. The number of carbonyl (C=O) groups excluding carboxylic acids is 3. The molecule has 0 radical (unpaired) electrons. The van der Waals surface area contributed by atoms with E-state index in [2.05, 4.69) is 4.74 Å². The first-order valence-corrected chi connectivity index (χ1v) is 5.50. The average Bonchev–Trinajstić information content (AvgIpc) is 2.26. The quantitative estimate of drug-likeness (QED) is 0.583. The van der Waals surface area contributed by atoms with E-state index in [9.17, 15) is 14.4 Å². The summed E-state index contributed by atoms with van der Waals surface area (Å²) in [6.45, 7) is 7.06. The maximum atomic E-state index is 10.3. The largest absolute Gasteiger partial charge is 0.468 e. The molecule has 0 amide bonds. The molecule has 0 aliphatic rings. The van der Waals surface area contributed by atoms with Crippen LogP contribution in [-0.2, 0) is 19.1 Å². The summed E-state index contributed by atoms with van der Waals surface area (Å²) in [5.74, 6) is -1.000. The fourth-order valence-corrected chi connectivity index (χ4v) is 0.161. The molecule has 0 spiro atoms. The van der Waals surface area contributed by atoms with E-state index in [1.807, 2.05) is 0 Å². The highest BCUT2D eigenvalue weighted by Crippen LogP contribution is 1.76. The van der Waals surface area contributed by atoms with Gasteiger partial charge in [0.05, 0.1) is 21.9 Å². The lowest BCUT2D eigenvalue weighted by atomic mass is 10.3. The van der Waals surface area contributed by atoms with Gasteiger partial charge in [0, 0.05) is 0 Å². The van der Waals surface area contributed by atoms with E-state index < -0.39 is 18.0 Å². The standard InChI is InChI=1S/C4H9NO2.2C4H9NO/c1-3(5)4(6)7-2;2*1-3(5)4(2)6/h3H,5H2,1-2H3;2*3H,5H2,1-2H3/t3*3-/m000/s1/i2*3D;. The fraction of sp³-hybridized carbons (Fsp3) is 0.750. The second kappa shape index (κ2) is 13.1. The van der Waals surface area contributed by atoms with Crippen molar-refractivity contribution in [2.75, 3.05) is 7.11 Å². The lowest BCUT2D eigenvalue weighted by molar-refractivity contribution is -0.141. The molecule has 0 bridgehead atoms. The summed E-state index contributed by atoms with van der Waals surface area (Å²) in [6.07, 6.45) is 0. The van der Waals surface area contributed by atoms with Gasteiger partial charge in [-0.1, -0.05) is 0 Å². The number of ketones is 2. The highest BCUT2D eigenvalue weighted by molar-refractivity contribution is 5.80. The maximum absolute atomic E-state index is 10.3. The summed E-state index contributed by atoms with van der Waals surface area (Å²) >= 11 is 0. The molecule has 6 N–H and O–H groups in total. The number of nitrogens with two attached hydrogens (primary N) is 3. The van der Waals surface area contributed by atoms with Crippen LogP contribution in [0.25, 0.3) is 0 Å². The second-order valence-electron chi connectivity index (χ2n) is 3.81. The van der Waals surface area contributed by atoms with Crippen LogP contribution in [0.1, 0.15) is 37.4 Å². The summed E-state index contributed by atoms with van der Waals surface area (Å²) in [6, 6.07) is -3.28. The van der Waals surface area contributed by atoms with E-state index in [0.717, 1.165) is 0 Å². The van der Waals surface area contributed by atoms with Crippen LogP contribution in [0, 0.1) is 0 Å². The Hall–Kier alpha value is -1.31. The summed E-state index contributed by atoms with van der Waals surface area (Å²) in [5.41, 5.74) is 15.1. The molecule has 0 aliphatic carbocycles. The van der Waals surface area contributed by atoms with Crippen LogP contribution in [-0.4, -0.2) is 42.7 Å². The van der Waals surface area contributed by atoms with Crippen molar-refractivity contribution < 1.29 is 21.9 Å². The topological polar surface area (TPSA) is 138 Å². The number of hydrogen-bond acceptors (Lipinski definition) is 7. The molecule has 0 rings (SSSR count). The van der Waals surface area contributed by atoms with Gasteiger partial charge in [-0.3, -0.25) is 14.4 Å². The molecule has 0 aliphatic heterocycles. The lowest BCUT2D eigenvalue weighted by Gasteiger charge is -1.98. The van der Waals surface area contributed by atoms with Crippen molar-refractivity contribution in [1.29, 1.82) is 0 Å². The number of Topliss-reactive ketones (excluding diaryl/α,β-unsaturated/α-hetero) is 2. The summed E-state index contributed by atoms with van der Waals surface area (Å²) in [7, 11) is 1.20. The molecule has 0 saturated heterocycles. The third-order valence-electron chi connectivity index (χ3n) is 1.70. The zero-order valence-corrected chi connectivity index (χ0v) is 12.4. The van der Waals surface area contributed by atoms with Gasteiger partial charge in [-0.2, -0.15) is 0 Å². The number of esters is 1. The first-order valence-electron chi connectivity index (χ1n) is 6.50. The van der Waals surface area contributed by atoms with Crippen LogP contribution in [0.2, 0.25) is 0 Å². The Bertz CT molecular complexity index is 347. The first-order chi connectivity index (χ1) is 9.07. The Labute approximate surface area is 117 Å². The van der Waals surface area contributed by atoms with Gasteiger partial charge in [0.25, 0.3) is 0 Å². The minimum Gasteiger partial charge on any atom is -0.468 e. The molecule has 7 heteroatoms. The van der Waals surface area contributed by atoms with Crippen LogP contribution in [0.3, 0.4) is 0 Å². The predicted octanol–water partition coefficient (Wildman–Crippen LogP) is -0.648. The van der Waals surface area contributed by atoms with Crippen molar-refractivity contribution in [3.05, 3.63) is 0 Å². The molecule has 0 aromatic rings. The van der Waals surface area contributed by atoms with Gasteiger partial charge >= 0.3 is 5.97 Å². The van der Waals surface area contributed by atoms with Gasteiger partial charge in [-0.05, 0) is 34.6 Å². The molecule has 0 saturated carbocycles. The molecule has 19 heavy (non-hydrogen) atoms. The molecular weight excluding hydrogens is 250 g/mol. The van der Waals surface area contributed by atoms with Crippen molar-refractivity contribution in [2.45, 2.75) is 52.7 Å². The minimum absolute atomic E-state index is 0.0370. The molecule has 0 aromatic carbocycles. The van der Waals surface area contributed by atoms with Gasteiger partial charge in [0.15, 0.2) is 0 Å². The Morgan fingerprint density at radius 3 is 1.21 bits per heavy atom. The zero-order valence-electron chi connectivity index (χ0n) is 14.4. The Morgan fingerprint density at radius 2 is 1.21 bits per heavy atom. The van der Waals surface area contributed by atoms with E-state index >= 15 is 0 Å². The number of methoxy groups -OCH3 is 1. The van der Waals surface area contributed by atoms with E-state index in [1.54, 1.807) is 6.92 Å². The Balaban J connectivity index is -0.000000234. The summed E-state index contributed by atoms with van der Waals surface area (Å²) < 4.78 is 17.8. The molecule has 0 heterocycles. The van der Waals surface area contributed by atoms with Gasteiger partial charge in [-0.25, -0.2) is 0 Å². The highest BCUT2D eigenvalue weighted by atomic mass is 16.5. The van der Waals surface area contributed by atoms with Crippen molar-refractivity contribution >= 4 is 17.5 Å². The van der Waals surface area contributed by atoms with E-state index in [4.69, 9.17) is 19.9 Å². The second-order valence-corrected chi connectivity index (χ2v) is 3.81. The number of carbonyl (C=O) groups is 3. The molecule has 0 fully saturated rings. The molecule has 0 aromatic heterocycles. The van der Waals surface area contributed by atoms with Crippen molar-refractivity contribution in [3.8, 4) is 0 Å². The molecule has 0 unspecified atom stereocenters. The first kappa shape index (κ1) is 17.7. The minimum atomic E-state index is -1.60. The van der Waals surface area contributed by atoms with E-state index in [0.29, 0.717) is 0 Å². The van der Waals surface area contributed by atoms with Crippen LogP contribution < -0.4 is 17.2 Å². The van der Waals surface area contributed by atoms with Gasteiger partial charge in [-0.15, -0.1) is 0 Å². The van der Waals surface area contributed by atoms with Gasteiger partial charge in [0.1, 0.15) is 17.6 Å². The third-order valence-corrected chi connectivity index (χ3v) is 1.70. The van der Waals surface area contributed by atoms with Crippen LogP contribution in [0.15, 0.2) is 0 Å². The maximum Gasteiger partial charge on any atom is 0.322 e. The highest BCUT2D eigenvalue weighted by Gasteiger charge is 2.03. The van der Waals surface area contributed by atoms with E-state index in [1.165, 1.54) is 34.8 Å². The summed E-state index contributed by atoms with van der Waals surface area (Å²) in [5, 5.41) is 0. The molecular formula is C12H27N3O4. The Kier molecular flexibility index (Phi) is 12.2. The van der Waals surface area contributed by atoms with Crippen LogP contribution in [0.4, 0.5) is 0 Å². The van der Waals surface area contributed by atoms with Crippen molar-refractivity contribution in [1.82, 2.24) is 0 Å².